The normalized spacial score (nSPS) is 19.1. The molecule has 0 spiro atoms. The molecule has 1 aromatic heterocycles. The number of nitrogen functional groups attached to an aromatic ring is 1. The van der Waals surface area contributed by atoms with Crippen molar-refractivity contribution in [3.05, 3.63) is 6.33 Å². The summed E-state index contributed by atoms with van der Waals surface area (Å²) in [5.41, 5.74) is 6.37. The number of aromatic nitrogens is 2. The number of carbonyl (C=O) groups is 1. The fourth-order valence-electron chi connectivity index (χ4n) is 1.86. The monoisotopic (exact) mass is 265 g/mol. The van der Waals surface area contributed by atoms with E-state index in [9.17, 15) is 4.79 Å². The van der Waals surface area contributed by atoms with Crippen molar-refractivity contribution in [2.75, 3.05) is 17.6 Å². The molecule has 7 heteroatoms. The molecule has 19 heavy (non-hydrogen) atoms. The number of hydrogen-bond donors (Lipinski definition) is 3. The van der Waals surface area contributed by atoms with E-state index in [1.165, 1.54) is 6.33 Å². The molecule has 2 rings (SSSR count). The average Bonchev–Trinajstić information content (AvgIpc) is 2.36. The van der Waals surface area contributed by atoms with Crippen LogP contribution in [0.5, 0.6) is 5.88 Å². The maximum atomic E-state index is 11.1. The van der Waals surface area contributed by atoms with Gasteiger partial charge in [-0.05, 0) is 20.3 Å². The van der Waals surface area contributed by atoms with Crippen molar-refractivity contribution >= 4 is 17.4 Å². The summed E-state index contributed by atoms with van der Waals surface area (Å²) in [7, 11) is 0. The first-order valence-electron chi connectivity index (χ1n) is 6.36. The van der Waals surface area contributed by atoms with Gasteiger partial charge in [-0.3, -0.25) is 4.79 Å². The van der Waals surface area contributed by atoms with Crippen LogP contribution in [-0.2, 0) is 4.79 Å². The molecule has 0 saturated carbocycles. The van der Waals surface area contributed by atoms with Crippen LogP contribution >= 0.6 is 0 Å². The van der Waals surface area contributed by atoms with Gasteiger partial charge in [0.1, 0.15) is 12.0 Å². The first-order chi connectivity index (χ1) is 9.06. The minimum atomic E-state index is -0.000909. The molecule has 1 aromatic rings. The summed E-state index contributed by atoms with van der Waals surface area (Å²) in [6.07, 6.45) is 2.69. The Morgan fingerprint density at radius 2 is 2.32 bits per heavy atom. The number of ether oxygens (including phenoxy) is 1. The Kier molecular flexibility index (Phi) is 4.03. The minimum Gasteiger partial charge on any atom is -0.473 e. The standard InChI is InChI=1S/C12H19N5O2/c1-7(2)19-12-10(13)11(15-6-16-12)17-8-3-4-9(18)14-5-8/h6-8H,3-5,13H2,1-2H3,(H,14,18)(H,15,16,17). The summed E-state index contributed by atoms with van der Waals surface area (Å²) >= 11 is 0. The molecule has 7 nitrogen and oxygen atoms in total. The summed E-state index contributed by atoms with van der Waals surface area (Å²) in [6, 6.07) is 0.127. The van der Waals surface area contributed by atoms with Gasteiger partial charge in [0.15, 0.2) is 5.82 Å². The fourth-order valence-corrected chi connectivity index (χ4v) is 1.86. The molecular weight excluding hydrogens is 246 g/mol. The first-order valence-corrected chi connectivity index (χ1v) is 6.36. The fraction of sp³-hybridized carbons (Fsp3) is 0.583. The minimum absolute atomic E-state index is 0.000909. The second-order valence-corrected chi connectivity index (χ2v) is 4.79. The lowest BCUT2D eigenvalue weighted by atomic mass is 10.1. The number of nitrogens with one attached hydrogen (secondary N) is 2. The number of hydrogen-bond acceptors (Lipinski definition) is 6. The van der Waals surface area contributed by atoms with Crippen LogP contribution in [0.3, 0.4) is 0 Å². The highest BCUT2D eigenvalue weighted by atomic mass is 16.5. The number of anilines is 2. The van der Waals surface area contributed by atoms with E-state index in [1.807, 2.05) is 13.8 Å². The van der Waals surface area contributed by atoms with E-state index in [2.05, 4.69) is 20.6 Å². The lowest BCUT2D eigenvalue weighted by Gasteiger charge is -2.24. The second kappa shape index (κ2) is 5.73. The molecule has 0 aromatic carbocycles. The Bertz CT molecular complexity index is 453. The molecule has 1 unspecified atom stereocenters. The van der Waals surface area contributed by atoms with Crippen LogP contribution in [0.25, 0.3) is 0 Å². The summed E-state index contributed by atoms with van der Waals surface area (Å²) in [5, 5.41) is 6.01. The zero-order chi connectivity index (χ0) is 13.8. The highest BCUT2D eigenvalue weighted by Gasteiger charge is 2.20. The third-order valence-corrected chi connectivity index (χ3v) is 2.80. The highest BCUT2D eigenvalue weighted by Crippen LogP contribution is 2.26. The van der Waals surface area contributed by atoms with E-state index in [0.29, 0.717) is 30.4 Å². The third kappa shape index (κ3) is 3.46. The SMILES string of the molecule is CC(C)Oc1ncnc(NC2CCC(=O)NC2)c1N. The van der Waals surface area contributed by atoms with Crippen LogP contribution in [0.15, 0.2) is 6.33 Å². The number of piperidine rings is 1. The van der Waals surface area contributed by atoms with Gasteiger partial charge in [-0.25, -0.2) is 4.98 Å². The third-order valence-electron chi connectivity index (χ3n) is 2.80. The van der Waals surface area contributed by atoms with Gasteiger partial charge in [-0.2, -0.15) is 4.98 Å². The number of nitrogens with two attached hydrogens (primary N) is 1. The van der Waals surface area contributed by atoms with Gasteiger partial charge in [0, 0.05) is 19.0 Å². The maximum Gasteiger partial charge on any atom is 0.242 e. The molecule has 1 fully saturated rings. The lowest BCUT2D eigenvalue weighted by Crippen LogP contribution is -2.42. The van der Waals surface area contributed by atoms with Crippen LogP contribution in [0.1, 0.15) is 26.7 Å². The molecule has 1 saturated heterocycles. The van der Waals surface area contributed by atoms with Crippen molar-refractivity contribution in [1.82, 2.24) is 15.3 Å². The van der Waals surface area contributed by atoms with Crippen molar-refractivity contribution in [1.29, 1.82) is 0 Å². The van der Waals surface area contributed by atoms with Crippen LogP contribution in [-0.4, -0.2) is 34.6 Å². The zero-order valence-electron chi connectivity index (χ0n) is 11.1. The van der Waals surface area contributed by atoms with Crippen molar-refractivity contribution < 1.29 is 9.53 Å². The molecule has 0 aliphatic carbocycles. The van der Waals surface area contributed by atoms with Crippen molar-refractivity contribution in [2.45, 2.75) is 38.8 Å². The Morgan fingerprint density at radius 1 is 1.53 bits per heavy atom. The Labute approximate surface area is 111 Å². The molecule has 1 aliphatic heterocycles. The molecule has 0 radical (unpaired) electrons. The Hall–Kier alpha value is -2.05. The van der Waals surface area contributed by atoms with Crippen LogP contribution < -0.4 is 21.1 Å². The predicted molar refractivity (Wildman–Crippen MR) is 71.9 cm³/mol. The number of rotatable bonds is 4. The predicted octanol–water partition coefficient (Wildman–Crippen LogP) is 0.536. The van der Waals surface area contributed by atoms with Gasteiger partial charge in [-0.15, -0.1) is 0 Å². The number of nitrogens with zero attached hydrogens (tertiary/aromatic N) is 2. The molecule has 2 heterocycles. The zero-order valence-corrected chi connectivity index (χ0v) is 11.1. The van der Waals surface area contributed by atoms with Gasteiger partial charge in [-0.1, -0.05) is 0 Å². The average molecular weight is 265 g/mol. The molecule has 4 N–H and O–H groups in total. The van der Waals surface area contributed by atoms with E-state index in [-0.39, 0.29) is 18.1 Å². The second-order valence-electron chi connectivity index (χ2n) is 4.79. The van der Waals surface area contributed by atoms with E-state index in [0.717, 1.165) is 6.42 Å². The summed E-state index contributed by atoms with van der Waals surface area (Å²) < 4.78 is 5.51. The van der Waals surface area contributed by atoms with E-state index >= 15 is 0 Å². The van der Waals surface area contributed by atoms with E-state index in [4.69, 9.17) is 10.5 Å². The van der Waals surface area contributed by atoms with Crippen LogP contribution in [0.2, 0.25) is 0 Å². The lowest BCUT2D eigenvalue weighted by molar-refractivity contribution is -0.122. The van der Waals surface area contributed by atoms with Gasteiger partial charge in [0.2, 0.25) is 11.8 Å². The van der Waals surface area contributed by atoms with Gasteiger partial charge in [0.05, 0.1) is 6.10 Å². The van der Waals surface area contributed by atoms with Crippen molar-refractivity contribution in [3.63, 3.8) is 0 Å². The van der Waals surface area contributed by atoms with Crippen molar-refractivity contribution in [3.8, 4) is 5.88 Å². The Balaban J connectivity index is 2.05. The highest BCUT2D eigenvalue weighted by molar-refractivity contribution is 5.77. The molecule has 0 bridgehead atoms. The van der Waals surface area contributed by atoms with Crippen LogP contribution in [0.4, 0.5) is 11.5 Å². The Morgan fingerprint density at radius 3 is 2.95 bits per heavy atom. The number of carbonyl (C=O) groups excluding carboxylic acids is 1. The van der Waals surface area contributed by atoms with E-state index in [1.54, 1.807) is 0 Å². The summed E-state index contributed by atoms with van der Waals surface area (Å²) in [6.45, 7) is 4.39. The smallest absolute Gasteiger partial charge is 0.242 e. The summed E-state index contributed by atoms with van der Waals surface area (Å²) in [4.78, 5) is 19.2. The van der Waals surface area contributed by atoms with Gasteiger partial charge >= 0.3 is 0 Å². The van der Waals surface area contributed by atoms with Gasteiger partial charge < -0.3 is 21.1 Å². The summed E-state index contributed by atoms with van der Waals surface area (Å²) in [5.74, 6) is 1.01. The van der Waals surface area contributed by atoms with Crippen molar-refractivity contribution in [2.24, 2.45) is 0 Å². The first kappa shape index (κ1) is 13.4. The molecule has 1 atom stereocenters. The number of amides is 1. The molecule has 104 valence electrons. The maximum absolute atomic E-state index is 11.1. The topological polar surface area (TPSA) is 102 Å². The quantitative estimate of drug-likeness (QED) is 0.734. The molecular formula is C12H19N5O2. The van der Waals surface area contributed by atoms with E-state index < -0.39 is 0 Å². The van der Waals surface area contributed by atoms with Gasteiger partial charge in [0.25, 0.3) is 0 Å². The largest absolute Gasteiger partial charge is 0.473 e. The van der Waals surface area contributed by atoms with Crippen LogP contribution in [0, 0.1) is 0 Å². The molecule has 1 aliphatic rings. The molecule has 1 amide bonds.